The van der Waals surface area contributed by atoms with Crippen LogP contribution in [0.2, 0.25) is 5.02 Å². The lowest BCUT2D eigenvalue weighted by molar-refractivity contribution is 0.488. The molecule has 4 nitrogen and oxygen atoms in total. The summed E-state index contributed by atoms with van der Waals surface area (Å²) in [6, 6.07) is 4.29. The molecule has 0 spiro atoms. The number of halogens is 1. The van der Waals surface area contributed by atoms with Gasteiger partial charge in [-0.3, -0.25) is 0 Å². The van der Waals surface area contributed by atoms with Gasteiger partial charge < -0.3 is 5.73 Å². The number of anilines is 1. The summed E-state index contributed by atoms with van der Waals surface area (Å²) >= 11 is 5.94. The number of benzene rings is 1. The molecular formula is C14H23ClN2O2S. The van der Waals surface area contributed by atoms with Gasteiger partial charge in [-0.05, 0) is 37.5 Å². The molecule has 1 aromatic carbocycles. The van der Waals surface area contributed by atoms with E-state index in [1.165, 1.54) is 18.2 Å². The molecule has 20 heavy (non-hydrogen) atoms. The Morgan fingerprint density at radius 1 is 1.25 bits per heavy atom. The van der Waals surface area contributed by atoms with Crippen LogP contribution in [0.4, 0.5) is 5.69 Å². The quantitative estimate of drug-likeness (QED) is 0.757. The second kappa shape index (κ2) is 7.29. The zero-order valence-electron chi connectivity index (χ0n) is 12.2. The average Bonchev–Trinajstić information content (AvgIpc) is 2.26. The normalized spacial score (nSPS) is 13.7. The van der Waals surface area contributed by atoms with Gasteiger partial charge >= 0.3 is 0 Å². The lowest BCUT2D eigenvalue weighted by Gasteiger charge is -2.15. The van der Waals surface area contributed by atoms with Gasteiger partial charge in [0.25, 0.3) is 0 Å². The summed E-state index contributed by atoms with van der Waals surface area (Å²) in [5.74, 6) is 0.630. The minimum atomic E-state index is -3.60. The van der Waals surface area contributed by atoms with E-state index in [1.807, 2.05) is 6.92 Å². The summed E-state index contributed by atoms with van der Waals surface area (Å²) in [6.07, 6.45) is 2.90. The molecule has 1 aromatic rings. The van der Waals surface area contributed by atoms with Crippen LogP contribution >= 0.6 is 11.6 Å². The fourth-order valence-electron chi connectivity index (χ4n) is 1.95. The van der Waals surface area contributed by atoms with Crippen molar-refractivity contribution in [3.8, 4) is 0 Å². The summed E-state index contributed by atoms with van der Waals surface area (Å²) in [4.78, 5) is 0.0732. The van der Waals surface area contributed by atoms with Crippen LogP contribution in [0.15, 0.2) is 23.1 Å². The zero-order chi connectivity index (χ0) is 15.3. The number of hydrogen-bond donors (Lipinski definition) is 2. The minimum absolute atomic E-state index is 0.0732. The van der Waals surface area contributed by atoms with Crippen molar-refractivity contribution in [1.82, 2.24) is 4.72 Å². The number of hydrogen-bond acceptors (Lipinski definition) is 3. The van der Waals surface area contributed by atoms with Crippen molar-refractivity contribution in [1.29, 1.82) is 0 Å². The molecule has 1 atom stereocenters. The van der Waals surface area contributed by atoms with Crippen molar-refractivity contribution < 1.29 is 8.42 Å². The van der Waals surface area contributed by atoms with Gasteiger partial charge in [0.05, 0.1) is 5.02 Å². The van der Waals surface area contributed by atoms with Crippen LogP contribution in [0.5, 0.6) is 0 Å². The highest BCUT2D eigenvalue weighted by atomic mass is 35.5. The lowest BCUT2D eigenvalue weighted by Crippen LogP contribution is -2.32. The predicted octanol–water partition coefficient (Wildman–Crippen LogP) is 3.42. The molecule has 0 saturated heterocycles. The summed E-state index contributed by atoms with van der Waals surface area (Å²) in [5.41, 5.74) is 6.01. The van der Waals surface area contributed by atoms with E-state index in [0.717, 1.165) is 19.3 Å². The van der Waals surface area contributed by atoms with E-state index in [9.17, 15) is 8.42 Å². The molecule has 0 heterocycles. The molecular weight excluding hydrogens is 296 g/mol. The van der Waals surface area contributed by atoms with Gasteiger partial charge in [0.15, 0.2) is 0 Å². The molecule has 0 aliphatic rings. The Bertz CT molecular complexity index is 544. The van der Waals surface area contributed by atoms with Crippen LogP contribution in [0.1, 0.15) is 40.0 Å². The number of nitrogens with two attached hydrogens (primary N) is 1. The van der Waals surface area contributed by atoms with Crippen molar-refractivity contribution in [2.24, 2.45) is 5.92 Å². The van der Waals surface area contributed by atoms with E-state index in [1.54, 1.807) is 0 Å². The van der Waals surface area contributed by atoms with Gasteiger partial charge in [0.1, 0.15) is 4.90 Å². The first kappa shape index (κ1) is 17.3. The Morgan fingerprint density at radius 2 is 1.90 bits per heavy atom. The first-order valence-electron chi connectivity index (χ1n) is 6.79. The Balaban J connectivity index is 2.69. The number of nitrogen functional groups attached to an aromatic ring is 1. The SMILES string of the molecule is CC(C)CCCC(C)NS(=O)(=O)c1ccc(N)cc1Cl. The fourth-order valence-corrected chi connectivity index (χ4v) is 3.79. The monoisotopic (exact) mass is 318 g/mol. The predicted molar refractivity (Wildman–Crippen MR) is 84.3 cm³/mol. The molecule has 0 radical (unpaired) electrons. The lowest BCUT2D eigenvalue weighted by atomic mass is 10.0. The maximum atomic E-state index is 12.2. The third-order valence-corrected chi connectivity index (χ3v) is 5.09. The highest BCUT2D eigenvalue weighted by molar-refractivity contribution is 7.89. The Morgan fingerprint density at radius 3 is 2.45 bits per heavy atom. The fraction of sp³-hybridized carbons (Fsp3) is 0.571. The van der Waals surface area contributed by atoms with E-state index in [2.05, 4.69) is 18.6 Å². The van der Waals surface area contributed by atoms with Crippen LogP contribution < -0.4 is 10.5 Å². The molecule has 0 amide bonds. The summed E-state index contributed by atoms with van der Waals surface area (Å²) in [5, 5.41) is 0.145. The highest BCUT2D eigenvalue weighted by Gasteiger charge is 2.20. The molecule has 0 saturated carbocycles. The molecule has 0 bridgehead atoms. The first-order chi connectivity index (χ1) is 9.22. The molecule has 0 aliphatic heterocycles. The van der Waals surface area contributed by atoms with E-state index >= 15 is 0 Å². The Kier molecular flexibility index (Phi) is 6.30. The third kappa shape index (κ3) is 5.31. The van der Waals surface area contributed by atoms with E-state index in [0.29, 0.717) is 11.6 Å². The molecule has 0 aliphatic carbocycles. The summed E-state index contributed by atoms with van der Waals surface area (Å²) in [7, 11) is -3.60. The van der Waals surface area contributed by atoms with Gasteiger partial charge in [0.2, 0.25) is 10.0 Å². The van der Waals surface area contributed by atoms with Gasteiger partial charge in [-0.1, -0.05) is 38.3 Å². The molecule has 1 unspecified atom stereocenters. The first-order valence-corrected chi connectivity index (χ1v) is 8.66. The minimum Gasteiger partial charge on any atom is -0.399 e. The van der Waals surface area contributed by atoms with Crippen molar-refractivity contribution in [3.63, 3.8) is 0 Å². The Hall–Kier alpha value is -0.780. The molecule has 1 rings (SSSR count). The van der Waals surface area contributed by atoms with E-state index in [-0.39, 0.29) is 16.0 Å². The van der Waals surface area contributed by atoms with Crippen LogP contribution in [0, 0.1) is 5.92 Å². The largest absolute Gasteiger partial charge is 0.399 e. The van der Waals surface area contributed by atoms with Crippen LogP contribution in [0.3, 0.4) is 0 Å². The van der Waals surface area contributed by atoms with Crippen molar-refractivity contribution in [3.05, 3.63) is 23.2 Å². The molecule has 3 N–H and O–H groups in total. The Labute approximate surface area is 126 Å². The zero-order valence-corrected chi connectivity index (χ0v) is 13.8. The molecule has 114 valence electrons. The molecule has 6 heteroatoms. The summed E-state index contributed by atoms with van der Waals surface area (Å²) in [6.45, 7) is 6.18. The second-order valence-electron chi connectivity index (χ2n) is 5.54. The summed E-state index contributed by atoms with van der Waals surface area (Å²) < 4.78 is 27.1. The maximum absolute atomic E-state index is 12.2. The standard InChI is InChI=1S/C14H23ClN2O2S/c1-10(2)5-4-6-11(3)17-20(18,19)14-8-7-12(16)9-13(14)15/h7-11,17H,4-6,16H2,1-3H3. The number of rotatable bonds is 7. The highest BCUT2D eigenvalue weighted by Crippen LogP contribution is 2.24. The van der Waals surface area contributed by atoms with E-state index in [4.69, 9.17) is 17.3 Å². The van der Waals surface area contributed by atoms with Gasteiger partial charge in [-0.15, -0.1) is 0 Å². The van der Waals surface area contributed by atoms with Crippen LogP contribution in [-0.4, -0.2) is 14.5 Å². The number of sulfonamides is 1. The van der Waals surface area contributed by atoms with E-state index < -0.39 is 10.0 Å². The molecule has 0 fully saturated rings. The topological polar surface area (TPSA) is 72.2 Å². The van der Waals surface area contributed by atoms with Crippen LogP contribution in [0.25, 0.3) is 0 Å². The molecule has 0 aromatic heterocycles. The van der Waals surface area contributed by atoms with Crippen molar-refractivity contribution >= 4 is 27.3 Å². The third-order valence-electron chi connectivity index (χ3n) is 3.02. The number of nitrogens with one attached hydrogen (secondary N) is 1. The van der Waals surface area contributed by atoms with Crippen molar-refractivity contribution in [2.75, 3.05) is 5.73 Å². The van der Waals surface area contributed by atoms with Crippen molar-refractivity contribution in [2.45, 2.75) is 51.0 Å². The smallest absolute Gasteiger partial charge is 0.242 e. The average molecular weight is 319 g/mol. The second-order valence-corrected chi connectivity index (χ2v) is 7.63. The van der Waals surface area contributed by atoms with Gasteiger partial charge in [-0.25, -0.2) is 13.1 Å². The maximum Gasteiger partial charge on any atom is 0.242 e. The van der Waals surface area contributed by atoms with Crippen LogP contribution in [-0.2, 0) is 10.0 Å². The van der Waals surface area contributed by atoms with Gasteiger partial charge in [-0.2, -0.15) is 0 Å². The van der Waals surface area contributed by atoms with Gasteiger partial charge in [0, 0.05) is 11.7 Å².